The summed E-state index contributed by atoms with van der Waals surface area (Å²) in [5.41, 5.74) is 5.98. The summed E-state index contributed by atoms with van der Waals surface area (Å²) in [6.07, 6.45) is 10.8. The summed E-state index contributed by atoms with van der Waals surface area (Å²) in [6, 6.07) is 0.976. The van der Waals surface area contributed by atoms with Crippen LogP contribution in [0.5, 0.6) is 0 Å². The molecule has 3 nitrogen and oxygen atoms in total. The summed E-state index contributed by atoms with van der Waals surface area (Å²) >= 11 is 0. The van der Waals surface area contributed by atoms with E-state index in [1.165, 1.54) is 51.4 Å². The first kappa shape index (κ1) is 19.9. The molecule has 0 bridgehead atoms. The Morgan fingerprint density at radius 3 is 2.10 bits per heavy atom. The van der Waals surface area contributed by atoms with Gasteiger partial charge in [0.25, 0.3) is 0 Å². The lowest BCUT2D eigenvalue weighted by Gasteiger charge is -2.35. The van der Waals surface area contributed by atoms with Gasteiger partial charge >= 0.3 is 0 Å². The van der Waals surface area contributed by atoms with E-state index in [2.05, 4.69) is 25.7 Å². The number of ether oxygens (including phenoxy) is 1. The summed E-state index contributed by atoms with van der Waals surface area (Å²) in [7, 11) is 1.78. The molecule has 0 aliphatic rings. The molecule has 0 aliphatic heterocycles. The quantitative estimate of drug-likeness (QED) is 0.493. The van der Waals surface area contributed by atoms with Crippen LogP contribution in [-0.4, -0.2) is 43.8 Å². The zero-order chi connectivity index (χ0) is 15.2. The third kappa shape index (κ3) is 8.93. The molecular formula is C17H38N2O. The topological polar surface area (TPSA) is 38.5 Å². The van der Waals surface area contributed by atoms with E-state index in [4.69, 9.17) is 10.5 Å². The van der Waals surface area contributed by atoms with E-state index in [0.29, 0.717) is 12.1 Å². The average Bonchev–Trinajstić information content (AvgIpc) is 2.45. The van der Waals surface area contributed by atoms with Crippen molar-refractivity contribution in [2.24, 2.45) is 5.73 Å². The van der Waals surface area contributed by atoms with Crippen LogP contribution in [0, 0.1) is 0 Å². The van der Waals surface area contributed by atoms with Crippen molar-refractivity contribution < 1.29 is 4.74 Å². The molecule has 0 aliphatic carbocycles. The van der Waals surface area contributed by atoms with Crippen LogP contribution in [0.3, 0.4) is 0 Å². The van der Waals surface area contributed by atoms with Crippen LogP contribution in [0.1, 0.15) is 72.1 Å². The summed E-state index contributed by atoms with van der Waals surface area (Å²) in [6.45, 7) is 9.34. The molecule has 2 unspecified atom stereocenters. The molecule has 20 heavy (non-hydrogen) atoms. The van der Waals surface area contributed by atoms with Gasteiger partial charge in [0.1, 0.15) is 0 Å². The fraction of sp³-hybridized carbons (Fsp3) is 1.00. The fourth-order valence-electron chi connectivity index (χ4n) is 3.02. The summed E-state index contributed by atoms with van der Waals surface area (Å²) in [4.78, 5) is 2.50. The highest BCUT2D eigenvalue weighted by molar-refractivity contribution is 4.76. The van der Waals surface area contributed by atoms with Crippen molar-refractivity contribution in [1.82, 2.24) is 4.90 Å². The number of nitrogens with zero attached hydrogens (tertiary/aromatic N) is 1. The van der Waals surface area contributed by atoms with Gasteiger partial charge in [0, 0.05) is 25.7 Å². The van der Waals surface area contributed by atoms with E-state index in [1.807, 2.05) is 0 Å². The van der Waals surface area contributed by atoms with E-state index >= 15 is 0 Å². The molecule has 0 aromatic carbocycles. The molecular weight excluding hydrogens is 248 g/mol. The molecule has 122 valence electrons. The van der Waals surface area contributed by atoms with Gasteiger partial charge in [-0.3, -0.25) is 4.90 Å². The van der Waals surface area contributed by atoms with Crippen molar-refractivity contribution >= 4 is 0 Å². The highest BCUT2D eigenvalue weighted by Gasteiger charge is 2.20. The molecule has 0 fully saturated rings. The maximum atomic E-state index is 5.98. The Morgan fingerprint density at radius 2 is 1.60 bits per heavy atom. The maximum Gasteiger partial charge on any atom is 0.0615 e. The molecule has 0 amide bonds. The van der Waals surface area contributed by atoms with Crippen molar-refractivity contribution in [2.45, 2.75) is 84.2 Å². The minimum atomic E-state index is 0.461. The molecule has 0 aromatic heterocycles. The first-order valence-electron chi connectivity index (χ1n) is 8.65. The Labute approximate surface area is 127 Å². The second-order valence-electron chi connectivity index (χ2n) is 5.93. The molecule has 0 heterocycles. The minimum absolute atomic E-state index is 0.461. The fourth-order valence-corrected chi connectivity index (χ4v) is 3.02. The summed E-state index contributed by atoms with van der Waals surface area (Å²) in [5, 5.41) is 0. The zero-order valence-electron chi connectivity index (χ0n) is 14.4. The molecule has 2 atom stereocenters. The van der Waals surface area contributed by atoms with Crippen LogP contribution in [-0.2, 0) is 4.74 Å². The first-order valence-corrected chi connectivity index (χ1v) is 8.65. The highest BCUT2D eigenvalue weighted by Crippen LogP contribution is 2.14. The lowest BCUT2D eigenvalue weighted by molar-refractivity contribution is 0.0716. The molecule has 0 radical (unpaired) electrons. The van der Waals surface area contributed by atoms with Gasteiger partial charge in [0.05, 0.1) is 6.61 Å². The smallest absolute Gasteiger partial charge is 0.0615 e. The van der Waals surface area contributed by atoms with Gasteiger partial charge in [0.2, 0.25) is 0 Å². The largest absolute Gasteiger partial charge is 0.383 e. The lowest BCUT2D eigenvalue weighted by atomic mass is 10.0. The third-order valence-electron chi connectivity index (χ3n) is 4.22. The Kier molecular flexibility index (Phi) is 13.8. The van der Waals surface area contributed by atoms with Crippen molar-refractivity contribution in [1.29, 1.82) is 0 Å². The normalized spacial score (nSPS) is 14.7. The SMILES string of the molecule is CCCCCCCCCC(CN)N(CC)C(C)COC. The Hall–Kier alpha value is -0.120. The standard InChI is InChI=1S/C17H38N2O/c1-5-7-8-9-10-11-12-13-17(14-18)19(6-2)16(3)15-20-4/h16-17H,5-15,18H2,1-4H3. The van der Waals surface area contributed by atoms with Crippen LogP contribution < -0.4 is 5.73 Å². The van der Waals surface area contributed by atoms with Gasteiger partial charge in [-0.05, 0) is 19.9 Å². The molecule has 0 saturated heterocycles. The van der Waals surface area contributed by atoms with Gasteiger partial charge in [-0.15, -0.1) is 0 Å². The highest BCUT2D eigenvalue weighted by atomic mass is 16.5. The Morgan fingerprint density at radius 1 is 1.00 bits per heavy atom. The van der Waals surface area contributed by atoms with Crippen molar-refractivity contribution in [3.05, 3.63) is 0 Å². The number of likely N-dealkylation sites (N-methyl/N-ethyl adjacent to an activating group) is 1. The van der Waals surface area contributed by atoms with Crippen molar-refractivity contribution in [3.63, 3.8) is 0 Å². The number of rotatable bonds is 14. The molecule has 0 spiro atoms. The van der Waals surface area contributed by atoms with E-state index in [1.54, 1.807) is 7.11 Å². The second-order valence-corrected chi connectivity index (χ2v) is 5.93. The number of hydrogen-bond donors (Lipinski definition) is 1. The van der Waals surface area contributed by atoms with E-state index in [-0.39, 0.29) is 0 Å². The van der Waals surface area contributed by atoms with Gasteiger partial charge in [-0.25, -0.2) is 0 Å². The summed E-state index contributed by atoms with van der Waals surface area (Å²) < 4.78 is 5.28. The summed E-state index contributed by atoms with van der Waals surface area (Å²) in [5.74, 6) is 0. The molecule has 3 heteroatoms. The average molecular weight is 287 g/mol. The van der Waals surface area contributed by atoms with Crippen molar-refractivity contribution in [3.8, 4) is 0 Å². The molecule has 2 N–H and O–H groups in total. The monoisotopic (exact) mass is 286 g/mol. The number of hydrogen-bond acceptors (Lipinski definition) is 3. The predicted octanol–water partition coefficient (Wildman–Crippen LogP) is 3.81. The lowest BCUT2D eigenvalue weighted by Crippen LogP contribution is -2.47. The minimum Gasteiger partial charge on any atom is -0.383 e. The first-order chi connectivity index (χ1) is 9.71. The van der Waals surface area contributed by atoms with Gasteiger partial charge in [-0.2, -0.15) is 0 Å². The van der Waals surface area contributed by atoms with Gasteiger partial charge in [0.15, 0.2) is 0 Å². The molecule has 0 aromatic rings. The predicted molar refractivity (Wildman–Crippen MR) is 89.2 cm³/mol. The Balaban J connectivity index is 3.88. The van der Waals surface area contributed by atoms with Crippen LogP contribution in [0.25, 0.3) is 0 Å². The van der Waals surface area contributed by atoms with Gasteiger partial charge < -0.3 is 10.5 Å². The number of nitrogens with two attached hydrogens (primary N) is 1. The van der Waals surface area contributed by atoms with Crippen LogP contribution >= 0.6 is 0 Å². The van der Waals surface area contributed by atoms with Crippen LogP contribution in [0.4, 0.5) is 0 Å². The van der Waals surface area contributed by atoms with Gasteiger partial charge in [-0.1, -0.05) is 58.8 Å². The zero-order valence-corrected chi connectivity index (χ0v) is 14.4. The molecule has 0 rings (SSSR count). The van der Waals surface area contributed by atoms with E-state index in [9.17, 15) is 0 Å². The van der Waals surface area contributed by atoms with Crippen LogP contribution in [0.15, 0.2) is 0 Å². The molecule has 0 saturated carbocycles. The van der Waals surface area contributed by atoms with E-state index in [0.717, 1.165) is 19.7 Å². The third-order valence-corrected chi connectivity index (χ3v) is 4.22. The van der Waals surface area contributed by atoms with Crippen LogP contribution in [0.2, 0.25) is 0 Å². The number of unbranched alkanes of at least 4 members (excludes halogenated alkanes) is 6. The Bertz CT molecular complexity index is 199. The maximum absolute atomic E-state index is 5.98. The number of methoxy groups -OCH3 is 1. The van der Waals surface area contributed by atoms with E-state index < -0.39 is 0 Å². The second kappa shape index (κ2) is 13.8. The van der Waals surface area contributed by atoms with Crippen molar-refractivity contribution in [2.75, 3.05) is 26.8 Å².